The Balaban J connectivity index is 1.29. The third-order valence-corrected chi connectivity index (χ3v) is 6.65. The molecule has 0 atom stereocenters. The van der Waals surface area contributed by atoms with Crippen molar-refractivity contribution in [3.8, 4) is 0 Å². The molecule has 0 unspecified atom stereocenters. The van der Waals surface area contributed by atoms with E-state index in [2.05, 4.69) is 40.4 Å². The molecule has 146 valence electrons. The predicted octanol–water partition coefficient (Wildman–Crippen LogP) is 3.21. The van der Waals surface area contributed by atoms with Crippen LogP contribution in [0.2, 0.25) is 0 Å². The molecule has 3 aliphatic rings. The quantitative estimate of drug-likeness (QED) is 0.796. The molecule has 2 fully saturated rings. The molecular weight excluding hydrogens is 374 g/mol. The standard InChI is InChI=1S/C21H23N3O3S/c1-14-8-20(28-13-14)15-9-17-18(10-15)22-3-2-19(17)23-4-6-24(7-5-23)21(25)27-16-11-26-12-16/h2-3,8-9,13,16H,4-7,10-12H2,1H3. The van der Waals surface area contributed by atoms with E-state index in [1.54, 1.807) is 16.2 Å². The zero-order chi connectivity index (χ0) is 19.1. The van der Waals surface area contributed by atoms with Crippen LogP contribution in [0.1, 0.15) is 21.7 Å². The zero-order valence-corrected chi connectivity index (χ0v) is 16.7. The molecule has 28 heavy (non-hydrogen) atoms. The highest BCUT2D eigenvalue weighted by Gasteiger charge is 2.29. The Labute approximate surface area is 168 Å². The van der Waals surface area contributed by atoms with Crippen molar-refractivity contribution in [3.63, 3.8) is 0 Å². The summed E-state index contributed by atoms with van der Waals surface area (Å²) in [5.41, 5.74) is 6.24. The number of aromatic nitrogens is 1. The lowest BCUT2D eigenvalue weighted by atomic mass is 10.1. The Morgan fingerprint density at radius 2 is 2.11 bits per heavy atom. The maximum atomic E-state index is 12.2. The molecule has 2 aliphatic heterocycles. The van der Waals surface area contributed by atoms with Gasteiger partial charge in [0.15, 0.2) is 6.10 Å². The number of amides is 1. The molecule has 0 bridgehead atoms. The number of hydrogen-bond donors (Lipinski definition) is 0. The summed E-state index contributed by atoms with van der Waals surface area (Å²) in [6, 6.07) is 4.34. The smallest absolute Gasteiger partial charge is 0.410 e. The van der Waals surface area contributed by atoms with E-state index >= 15 is 0 Å². The maximum absolute atomic E-state index is 12.2. The van der Waals surface area contributed by atoms with Gasteiger partial charge in [-0.15, -0.1) is 11.3 Å². The minimum Gasteiger partial charge on any atom is -0.441 e. The van der Waals surface area contributed by atoms with Crippen LogP contribution >= 0.6 is 11.3 Å². The van der Waals surface area contributed by atoms with E-state index in [9.17, 15) is 4.79 Å². The van der Waals surface area contributed by atoms with E-state index in [1.165, 1.54) is 27.3 Å². The van der Waals surface area contributed by atoms with Gasteiger partial charge in [-0.1, -0.05) is 0 Å². The van der Waals surface area contributed by atoms with Gasteiger partial charge in [-0.3, -0.25) is 4.98 Å². The number of allylic oxidation sites excluding steroid dienone is 1. The van der Waals surface area contributed by atoms with Gasteiger partial charge < -0.3 is 19.3 Å². The van der Waals surface area contributed by atoms with Gasteiger partial charge in [0.2, 0.25) is 0 Å². The summed E-state index contributed by atoms with van der Waals surface area (Å²) < 4.78 is 10.5. The monoisotopic (exact) mass is 397 g/mol. The van der Waals surface area contributed by atoms with Crippen molar-refractivity contribution in [3.05, 3.63) is 45.4 Å². The number of hydrogen-bond acceptors (Lipinski definition) is 6. The van der Waals surface area contributed by atoms with Gasteiger partial charge in [-0.2, -0.15) is 0 Å². The second-order valence-corrected chi connectivity index (χ2v) is 8.45. The Morgan fingerprint density at radius 3 is 2.79 bits per heavy atom. The van der Waals surface area contributed by atoms with E-state index < -0.39 is 0 Å². The zero-order valence-electron chi connectivity index (χ0n) is 15.9. The fraction of sp³-hybridized carbons (Fsp3) is 0.429. The molecule has 0 saturated carbocycles. The first kappa shape index (κ1) is 17.7. The lowest BCUT2D eigenvalue weighted by Gasteiger charge is -2.37. The van der Waals surface area contributed by atoms with Gasteiger partial charge in [0.25, 0.3) is 0 Å². The molecule has 0 radical (unpaired) electrons. The first-order valence-corrected chi connectivity index (χ1v) is 10.6. The highest BCUT2D eigenvalue weighted by Crippen LogP contribution is 2.38. The minimum atomic E-state index is -0.219. The van der Waals surface area contributed by atoms with Gasteiger partial charge in [0, 0.05) is 54.9 Å². The fourth-order valence-electron chi connectivity index (χ4n) is 3.87. The van der Waals surface area contributed by atoms with Gasteiger partial charge in [0.05, 0.1) is 18.9 Å². The van der Waals surface area contributed by atoms with Gasteiger partial charge in [-0.05, 0) is 41.6 Å². The number of ether oxygens (including phenoxy) is 2. The van der Waals surface area contributed by atoms with E-state index in [-0.39, 0.29) is 12.2 Å². The van der Waals surface area contributed by atoms with Crippen LogP contribution in [0.5, 0.6) is 0 Å². The van der Waals surface area contributed by atoms with Crippen LogP contribution in [0.25, 0.3) is 11.6 Å². The molecule has 7 heteroatoms. The molecule has 0 N–H and O–H groups in total. The highest BCUT2D eigenvalue weighted by atomic mass is 32.1. The molecule has 2 aromatic heterocycles. The molecule has 2 saturated heterocycles. The maximum Gasteiger partial charge on any atom is 0.410 e. The number of piperazine rings is 1. The third kappa shape index (κ3) is 3.29. The van der Waals surface area contributed by atoms with Crippen molar-refractivity contribution in [2.75, 3.05) is 44.3 Å². The normalized spacial score (nSPS) is 19.2. The molecule has 0 spiro atoms. The number of rotatable bonds is 3. The van der Waals surface area contributed by atoms with Gasteiger partial charge >= 0.3 is 6.09 Å². The Bertz CT molecular complexity index is 927. The SMILES string of the molecule is Cc1csc(C2=Cc3c(N4CCN(C(=O)OC5COC5)CC4)ccnc3C2)c1. The van der Waals surface area contributed by atoms with Crippen molar-refractivity contribution >= 4 is 34.8 Å². The summed E-state index contributed by atoms with van der Waals surface area (Å²) in [7, 11) is 0. The number of thiophene rings is 1. The predicted molar refractivity (Wildman–Crippen MR) is 110 cm³/mol. The van der Waals surface area contributed by atoms with Crippen LogP contribution in [0, 0.1) is 6.92 Å². The molecule has 5 rings (SSSR count). The van der Waals surface area contributed by atoms with E-state index in [4.69, 9.17) is 9.47 Å². The van der Waals surface area contributed by atoms with Crippen LogP contribution in [-0.2, 0) is 15.9 Å². The molecule has 1 aliphatic carbocycles. The number of anilines is 1. The Hall–Kier alpha value is -2.38. The van der Waals surface area contributed by atoms with Crippen LogP contribution in [0.3, 0.4) is 0 Å². The first-order chi connectivity index (χ1) is 13.7. The van der Waals surface area contributed by atoms with Crippen LogP contribution in [0.15, 0.2) is 23.7 Å². The average molecular weight is 398 g/mol. The van der Waals surface area contributed by atoms with Crippen LogP contribution in [-0.4, -0.2) is 61.5 Å². The second-order valence-electron chi connectivity index (χ2n) is 7.54. The number of fused-ring (bicyclic) bond motifs is 1. The molecule has 1 amide bonds. The summed E-state index contributed by atoms with van der Waals surface area (Å²) in [6.07, 6.45) is 4.79. The second kappa shape index (κ2) is 7.22. The molecular formula is C21H23N3O3S. The molecule has 2 aromatic rings. The van der Waals surface area contributed by atoms with E-state index in [0.717, 1.165) is 25.2 Å². The molecule has 4 heterocycles. The summed E-state index contributed by atoms with van der Waals surface area (Å²) in [6.45, 7) is 6.12. The lowest BCUT2D eigenvalue weighted by molar-refractivity contribution is -0.104. The summed E-state index contributed by atoms with van der Waals surface area (Å²) in [4.78, 5) is 22.3. The fourth-order valence-corrected chi connectivity index (χ4v) is 4.79. The highest BCUT2D eigenvalue weighted by molar-refractivity contribution is 7.11. The van der Waals surface area contributed by atoms with Gasteiger partial charge in [0.1, 0.15) is 0 Å². The topological polar surface area (TPSA) is 54.9 Å². The van der Waals surface area contributed by atoms with Crippen molar-refractivity contribution in [1.82, 2.24) is 9.88 Å². The minimum absolute atomic E-state index is 0.0709. The Morgan fingerprint density at radius 1 is 1.29 bits per heavy atom. The van der Waals surface area contributed by atoms with Crippen molar-refractivity contribution < 1.29 is 14.3 Å². The van der Waals surface area contributed by atoms with Crippen LogP contribution < -0.4 is 4.90 Å². The Kier molecular flexibility index (Phi) is 4.56. The van der Waals surface area contributed by atoms with E-state index in [1.807, 2.05) is 6.20 Å². The number of pyridine rings is 1. The lowest BCUT2D eigenvalue weighted by Crippen LogP contribution is -2.51. The summed E-state index contributed by atoms with van der Waals surface area (Å²) >= 11 is 1.80. The van der Waals surface area contributed by atoms with Crippen molar-refractivity contribution in [2.45, 2.75) is 19.4 Å². The number of nitrogens with zero attached hydrogens (tertiary/aromatic N) is 3. The number of carbonyl (C=O) groups excluding carboxylic acids is 1. The first-order valence-electron chi connectivity index (χ1n) is 9.69. The number of carbonyl (C=O) groups is 1. The number of aryl methyl sites for hydroxylation is 1. The van der Waals surface area contributed by atoms with Crippen molar-refractivity contribution in [1.29, 1.82) is 0 Å². The molecule has 6 nitrogen and oxygen atoms in total. The third-order valence-electron chi connectivity index (χ3n) is 5.53. The molecule has 0 aromatic carbocycles. The van der Waals surface area contributed by atoms with Crippen LogP contribution in [0.4, 0.5) is 10.5 Å². The van der Waals surface area contributed by atoms with Crippen molar-refractivity contribution in [2.24, 2.45) is 0 Å². The van der Waals surface area contributed by atoms with Gasteiger partial charge in [-0.25, -0.2) is 4.79 Å². The average Bonchev–Trinajstić information content (AvgIpc) is 3.30. The largest absolute Gasteiger partial charge is 0.441 e. The van der Waals surface area contributed by atoms with E-state index in [0.29, 0.717) is 26.3 Å². The summed E-state index contributed by atoms with van der Waals surface area (Å²) in [5, 5.41) is 2.20. The summed E-state index contributed by atoms with van der Waals surface area (Å²) in [5.74, 6) is 0.